The predicted molar refractivity (Wildman–Crippen MR) is 58.4 cm³/mol. The summed E-state index contributed by atoms with van der Waals surface area (Å²) in [4.78, 5) is 0. The van der Waals surface area contributed by atoms with E-state index in [0.29, 0.717) is 0 Å². The number of hydrogen-bond donors (Lipinski definition) is 1. The highest BCUT2D eigenvalue weighted by atomic mass is 79.9. The predicted octanol–water partition coefficient (Wildman–Crippen LogP) is 3.25. The summed E-state index contributed by atoms with van der Waals surface area (Å²) in [5.41, 5.74) is 7.34. The Bertz CT molecular complexity index is 294. The van der Waals surface area contributed by atoms with Crippen molar-refractivity contribution >= 4 is 15.9 Å². The van der Waals surface area contributed by atoms with Crippen LogP contribution in [-0.2, 0) is 0 Å². The average Bonchev–Trinajstić information content (AvgIpc) is 2.88. The topological polar surface area (TPSA) is 26.0 Å². The molecule has 1 saturated carbocycles. The van der Waals surface area contributed by atoms with Crippen LogP contribution in [0.2, 0.25) is 0 Å². The van der Waals surface area contributed by atoms with Crippen LogP contribution in [0.3, 0.4) is 0 Å². The molecule has 0 aromatic heterocycles. The molecule has 1 nitrogen and oxygen atoms in total. The molecule has 70 valence electrons. The highest BCUT2D eigenvalue weighted by Gasteiger charge is 2.24. The summed E-state index contributed by atoms with van der Waals surface area (Å²) in [7, 11) is 0. The summed E-state index contributed by atoms with van der Waals surface area (Å²) in [5.74, 6) is 0.897. The molecule has 0 radical (unpaired) electrons. The zero-order valence-electron chi connectivity index (χ0n) is 7.54. The van der Waals surface area contributed by atoms with Crippen molar-refractivity contribution in [1.82, 2.24) is 0 Å². The molecular weight excluding hydrogens is 226 g/mol. The summed E-state index contributed by atoms with van der Waals surface area (Å²) in [6.45, 7) is 0. The largest absolute Gasteiger partial charge is 0.324 e. The SMILES string of the molecule is N[C@@H](CC1CC1)c1cccc(Br)c1. The standard InChI is InChI=1S/C11H14BrN/c12-10-3-1-2-9(7-10)11(13)6-8-4-5-8/h1-3,7-8,11H,4-6,13H2/t11-/m0/s1. The van der Waals surface area contributed by atoms with Crippen LogP contribution in [0.25, 0.3) is 0 Å². The van der Waals surface area contributed by atoms with Crippen molar-refractivity contribution in [1.29, 1.82) is 0 Å². The molecule has 0 heterocycles. The highest BCUT2D eigenvalue weighted by molar-refractivity contribution is 9.10. The fourth-order valence-electron chi connectivity index (χ4n) is 1.59. The number of benzene rings is 1. The van der Waals surface area contributed by atoms with Crippen molar-refractivity contribution in [3.63, 3.8) is 0 Å². The molecule has 1 aromatic carbocycles. The van der Waals surface area contributed by atoms with E-state index in [4.69, 9.17) is 5.73 Å². The summed E-state index contributed by atoms with van der Waals surface area (Å²) >= 11 is 3.46. The molecular formula is C11H14BrN. The summed E-state index contributed by atoms with van der Waals surface area (Å²) in [6.07, 6.45) is 3.90. The zero-order valence-corrected chi connectivity index (χ0v) is 9.13. The minimum Gasteiger partial charge on any atom is -0.324 e. The van der Waals surface area contributed by atoms with Gasteiger partial charge < -0.3 is 5.73 Å². The molecule has 1 fully saturated rings. The van der Waals surface area contributed by atoms with Crippen LogP contribution in [-0.4, -0.2) is 0 Å². The fraction of sp³-hybridized carbons (Fsp3) is 0.455. The first kappa shape index (κ1) is 9.22. The molecule has 0 spiro atoms. The Morgan fingerprint density at radius 3 is 2.85 bits per heavy atom. The van der Waals surface area contributed by atoms with Gasteiger partial charge in [-0.2, -0.15) is 0 Å². The number of rotatable bonds is 3. The minimum absolute atomic E-state index is 0.227. The highest BCUT2D eigenvalue weighted by Crippen LogP contribution is 2.36. The quantitative estimate of drug-likeness (QED) is 0.862. The Hall–Kier alpha value is -0.340. The molecule has 2 heteroatoms. The van der Waals surface area contributed by atoms with Crippen LogP contribution < -0.4 is 5.73 Å². The Kier molecular flexibility index (Phi) is 2.70. The van der Waals surface area contributed by atoms with Gasteiger partial charge in [0.25, 0.3) is 0 Å². The van der Waals surface area contributed by atoms with E-state index in [-0.39, 0.29) is 6.04 Å². The monoisotopic (exact) mass is 239 g/mol. The van der Waals surface area contributed by atoms with E-state index in [1.165, 1.54) is 18.4 Å². The van der Waals surface area contributed by atoms with E-state index in [0.717, 1.165) is 16.8 Å². The lowest BCUT2D eigenvalue weighted by molar-refractivity contribution is 0.597. The third-order valence-corrected chi connectivity index (χ3v) is 3.05. The molecule has 0 aliphatic heterocycles. The summed E-state index contributed by atoms with van der Waals surface area (Å²) < 4.78 is 1.12. The molecule has 1 aromatic rings. The molecule has 2 N–H and O–H groups in total. The minimum atomic E-state index is 0.227. The van der Waals surface area contributed by atoms with Crippen molar-refractivity contribution in [3.05, 3.63) is 34.3 Å². The van der Waals surface area contributed by atoms with E-state index in [2.05, 4.69) is 28.1 Å². The molecule has 0 amide bonds. The van der Waals surface area contributed by atoms with E-state index >= 15 is 0 Å². The molecule has 2 rings (SSSR count). The number of hydrogen-bond acceptors (Lipinski definition) is 1. The second-order valence-electron chi connectivity index (χ2n) is 3.84. The summed E-state index contributed by atoms with van der Waals surface area (Å²) in [6, 6.07) is 8.54. The molecule has 0 unspecified atom stereocenters. The molecule has 1 aliphatic rings. The van der Waals surface area contributed by atoms with Crippen LogP contribution >= 0.6 is 15.9 Å². The fourth-order valence-corrected chi connectivity index (χ4v) is 2.00. The maximum atomic E-state index is 6.08. The van der Waals surface area contributed by atoms with E-state index in [9.17, 15) is 0 Å². The molecule has 1 atom stereocenters. The average molecular weight is 240 g/mol. The van der Waals surface area contributed by atoms with Gasteiger partial charge in [-0.15, -0.1) is 0 Å². The van der Waals surface area contributed by atoms with Crippen LogP contribution in [0.5, 0.6) is 0 Å². The lowest BCUT2D eigenvalue weighted by Gasteiger charge is -2.11. The third kappa shape index (κ3) is 2.55. The van der Waals surface area contributed by atoms with Gasteiger partial charge >= 0.3 is 0 Å². The molecule has 0 saturated heterocycles. The van der Waals surface area contributed by atoms with Crippen LogP contribution in [0.15, 0.2) is 28.7 Å². The Morgan fingerprint density at radius 1 is 1.46 bits per heavy atom. The van der Waals surface area contributed by atoms with Crippen molar-refractivity contribution in [3.8, 4) is 0 Å². The van der Waals surface area contributed by atoms with Gasteiger partial charge in [0.1, 0.15) is 0 Å². The zero-order chi connectivity index (χ0) is 9.26. The summed E-state index contributed by atoms with van der Waals surface area (Å²) in [5, 5.41) is 0. The van der Waals surface area contributed by atoms with Gasteiger partial charge in [0.2, 0.25) is 0 Å². The molecule has 0 bridgehead atoms. The Labute approximate surface area is 87.5 Å². The maximum absolute atomic E-state index is 6.08. The van der Waals surface area contributed by atoms with Gasteiger partial charge in [0.15, 0.2) is 0 Å². The van der Waals surface area contributed by atoms with Crippen molar-refractivity contribution in [2.75, 3.05) is 0 Å². The van der Waals surface area contributed by atoms with Gasteiger partial charge in [-0.05, 0) is 30.0 Å². The molecule has 1 aliphatic carbocycles. The van der Waals surface area contributed by atoms with Crippen LogP contribution in [0.1, 0.15) is 30.9 Å². The normalized spacial score (nSPS) is 18.6. The van der Waals surface area contributed by atoms with Gasteiger partial charge in [-0.25, -0.2) is 0 Å². The smallest absolute Gasteiger partial charge is 0.0297 e. The van der Waals surface area contributed by atoms with Gasteiger partial charge in [0, 0.05) is 10.5 Å². The lowest BCUT2D eigenvalue weighted by Crippen LogP contribution is -2.10. The van der Waals surface area contributed by atoms with E-state index in [1.807, 2.05) is 12.1 Å². The first-order chi connectivity index (χ1) is 6.25. The Balaban J connectivity index is 2.04. The maximum Gasteiger partial charge on any atom is 0.0297 e. The van der Waals surface area contributed by atoms with E-state index in [1.54, 1.807) is 0 Å². The molecule has 13 heavy (non-hydrogen) atoms. The van der Waals surface area contributed by atoms with Gasteiger partial charge in [-0.1, -0.05) is 40.9 Å². The Morgan fingerprint density at radius 2 is 2.23 bits per heavy atom. The second-order valence-corrected chi connectivity index (χ2v) is 4.76. The lowest BCUT2D eigenvalue weighted by atomic mass is 10.0. The van der Waals surface area contributed by atoms with Crippen molar-refractivity contribution in [2.24, 2.45) is 11.7 Å². The first-order valence-electron chi connectivity index (χ1n) is 4.77. The number of nitrogens with two attached hydrogens (primary N) is 1. The number of halogens is 1. The van der Waals surface area contributed by atoms with Gasteiger partial charge in [-0.3, -0.25) is 0 Å². The third-order valence-electron chi connectivity index (χ3n) is 2.56. The first-order valence-corrected chi connectivity index (χ1v) is 5.56. The second kappa shape index (κ2) is 3.81. The van der Waals surface area contributed by atoms with Crippen molar-refractivity contribution < 1.29 is 0 Å². The van der Waals surface area contributed by atoms with Crippen LogP contribution in [0.4, 0.5) is 0 Å². The van der Waals surface area contributed by atoms with Crippen LogP contribution in [0, 0.1) is 5.92 Å². The van der Waals surface area contributed by atoms with Gasteiger partial charge in [0.05, 0.1) is 0 Å². The van der Waals surface area contributed by atoms with Crippen molar-refractivity contribution in [2.45, 2.75) is 25.3 Å². The van der Waals surface area contributed by atoms with E-state index < -0.39 is 0 Å².